The number of hydroxylamine groups is 1. The number of aromatic nitrogens is 4. The average molecular weight is 943 g/mol. The molecule has 3 heterocycles. The molecule has 21 heteroatoms. The number of rotatable bonds is 15. The summed E-state index contributed by atoms with van der Waals surface area (Å²) < 4.78 is 57.9. The molecule has 358 valence electrons. The summed E-state index contributed by atoms with van der Waals surface area (Å²) >= 11 is 6.43. The van der Waals surface area contributed by atoms with Crippen molar-refractivity contribution in [1.82, 2.24) is 19.5 Å². The molecule has 1 N–H and O–H groups in total. The molecule has 19 nitrogen and oxygen atoms in total. The molecule has 2 aromatic carbocycles. The Morgan fingerprint density at radius 3 is 2.00 bits per heavy atom. The van der Waals surface area contributed by atoms with Crippen LogP contribution in [-0.2, 0) is 54.0 Å². The minimum absolute atomic E-state index is 0.0936. The first-order valence-corrected chi connectivity index (χ1v) is 21.5. The van der Waals surface area contributed by atoms with Crippen molar-refractivity contribution >= 4 is 64.4 Å². The van der Waals surface area contributed by atoms with E-state index in [9.17, 15) is 24.0 Å². The van der Waals surface area contributed by atoms with Gasteiger partial charge in [-0.1, -0.05) is 30.3 Å². The van der Waals surface area contributed by atoms with Gasteiger partial charge in [0.1, 0.15) is 17.3 Å². The first kappa shape index (κ1) is 51.0. The first-order chi connectivity index (χ1) is 30.8. The highest BCUT2D eigenvalue weighted by atomic mass is 35.5. The summed E-state index contributed by atoms with van der Waals surface area (Å²) in [4.78, 5) is 86.2. The molecule has 0 saturated carbocycles. The van der Waals surface area contributed by atoms with Gasteiger partial charge >= 0.3 is 24.2 Å². The molecular weight excluding hydrogens is 887 g/mol. The van der Waals surface area contributed by atoms with E-state index in [1.807, 2.05) is 0 Å². The molecule has 0 spiro atoms. The lowest BCUT2D eigenvalue weighted by molar-refractivity contribution is -0.197. The van der Waals surface area contributed by atoms with Gasteiger partial charge < -0.3 is 38.5 Å². The Morgan fingerprint density at radius 1 is 0.833 bits per heavy atom. The molecule has 0 aliphatic carbocycles. The second kappa shape index (κ2) is 20.7. The number of benzene rings is 2. The fourth-order valence-corrected chi connectivity index (χ4v) is 6.59. The lowest BCUT2D eigenvalue weighted by atomic mass is 9.93. The Morgan fingerprint density at radius 2 is 1.44 bits per heavy atom. The third kappa shape index (κ3) is 12.9. The van der Waals surface area contributed by atoms with Crippen molar-refractivity contribution < 1.29 is 66.4 Å². The molecule has 1 fully saturated rings. The highest BCUT2D eigenvalue weighted by Gasteiger charge is 2.55. The van der Waals surface area contributed by atoms with Gasteiger partial charge in [0.25, 0.3) is 11.5 Å². The number of anilines is 2. The van der Waals surface area contributed by atoms with Crippen LogP contribution in [-0.4, -0.2) is 110 Å². The van der Waals surface area contributed by atoms with E-state index in [1.54, 1.807) is 117 Å². The number of ether oxygens (including phenoxy) is 7. The van der Waals surface area contributed by atoms with Crippen LogP contribution in [0.5, 0.6) is 0 Å². The summed E-state index contributed by atoms with van der Waals surface area (Å²) in [5, 5.41) is 3.15. The molecule has 5 rings (SSSR count). The Kier molecular flexibility index (Phi) is 16.0. The summed E-state index contributed by atoms with van der Waals surface area (Å²) in [5.74, 6) is -2.87. The van der Waals surface area contributed by atoms with Crippen molar-refractivity contribution in [2.45, 2.75) is 130 Å². The number of nitrogens with one attached hydrogen (secondary N) is 1. The van der Waals surface area contributed by atoms with Gasteiger partial charge in [0.05, 0.1) is 31.7 Å². The van der Waals surface area contributed by atoms with Crippen LogP contribution in [0.2, 0.25) is 5.28 Å². The largest absolute Gasteiger partial charge is 0.509 e. The van der Waals surface area contributed by atoms with Crippen molar-refractivity contribution in [2.24, 2.45) is 0 Å². The molecule has 66 heavy (non-hydrogen) atoms. The van der Waals surface area contributed by atoms with Gasteiger partial charge in [-0.05, 0) is 118 Å². The summed E-state index contributed by atoms with van der Waals surface area (Å²) in [6.45, 7) is 16.7. The predicted molar refractivity (Wildman–Crippen MR) is 236 cm³/mol. The molecule has 4 atom stereocenters. The van der Waals surface area contributed by atoms with Gasteiger partial charge in [-0.25, -0.2) is 28.6 Å². The van der Waals surface area contributed by atoms with E-state index >= 15 is 4.39 Å². The number of imidazole rings is 1. The maximum absolute atomic E-state index is 17.1. The van der Waals surface area contributed by atoms with Gasteiger partial charge in [0, 0.05) is 17.7 Å². The van der Waals surface area contributed by atoms with Crippen LogP contribution in [0.25, 0.3) is 11.2 Å². The van der Waals surface area contributed by atoms with Crippen LogP contribution < -0.4 is 10.4 Å². The maximum Gasteiger partial charge on any atom is 0.509 e. The molecular formula is C45H56ClFN6O13. The van der Waals surface area contributed by atoms with Crippen LogP contribution in [0, 0.1) is 0 Å². The minimum Gasteiger partial charge on any atom is -0.463 e. The number of esters is 2. The smallest absolute Gasteiger partial charge is 0.463 e. The van der Waals surface area contributed by atoms with Crippen LogP contribution in [0.3, 0.4) is 0 Å². The lowest BCUT2D eigenvalue weighted by Crippen LogP contribution is -2.54. The van der Waals surface area contributed by atoms with E-state index in [1.165, 1.54) is 13.8 Å². The van der Waals surface area contributed by atoms with Crippen LogP contribution in [0.4, 0.5) is 25.5 Å². The lowest BCUT2D eigenvalue weighted by Gasteiger charge is -2.31. The molecule has 1 aliphatic rings. The van der Waals surface area contributed by atoms with Crippen LogP contribution >= 0.6 is 11.6 Å². The monoisotopic (exact) mass is 942 g/mol. The zero-order valence-electron chi connectivity index (χ0n) is 38.7. The summed E-state index contributed by atoms with van der Waals surface area (Å²) in [6, 6.07) is 14.8. The maximum atomic E-state index is 17.1. The number of alkyl halides is 1. The topological polar surface area (TPSA) is 218 Å². The van der Waals surface area contributed by atoms with Gasteiger partial charge in [0.2, 0.25) is 5.28 Å². The number of fused-ring (bicyclic) bond motifs is 1. The van der Waals surface area contributed by atoms with E-state index in [2.05, 4.69) is 20.3 Å². The molecule has 0 radical (unpaired) electrons. The van der Waals surface area contributed by atoms with Crippen LogP contribution in [0.1, 0.15) is 98.3 Å². The van der Waals surface area contributed by atoms with Crippen molar-refractivity contribution in [3.63, 3.8) is 0 Å². The SMILES string of the molecule is CCOC(=O)C(Cc1ccc(NC(=O)c2ccccc2)cc1)(OC[C@H]1O[C@@H](n2cnc3c(N(OC(C)(C)C)C(=O)OC(C)(C)C)nc(Cl)nc32)[C@@H](F)[C@@H]1OC(=O)OC(C)(C)C)C(=O)OCC. The third-order valence-electron chi connectivity index (χ3n) is 9.06. The van der Waals surface area contributed by atoms with Gasteiger partial charge in [-0.3, -0.25) is 14.2 Å². The molecule has 1 saturated heterocycles. The Balaban J connectivity index is 1.53. The van der Waals surface area contributed by atoms with E-state index in [4.69, 9.17) is 49.6 Å². The highest BCUT2D eigenvalue weighted by Crippen LogP contribution is 2.39. The van der Waals surface area contributed by atoms with Gasteiger partial charge in [0.15, 0.2) is 35.5 Å². The van der Waals surface area contributed by atoms with Crippen molar-refractivity contribution in [3.8, 4) is 0 Å². The molecule has 0 bridgehead atoms. The number of hydrogen-bond donors (Lipinski definition) is 1. The zero-order valence-corrected chi connectivity index (χ0v) is 39.5. The van der Waals surface area contributed by atoms with E-state index < -0.39 is 89.5 Å². The number of halogens is 2. The molecule has 4 aromatic rings. The standard InChI is InChI=1S/C45H56ClFN6O13/c1-12-59-37(55)45(38(56)60-13-2,23-26-19-21-28(22-20-26)49-35(54)27-17-15-14-16-18-27)61-24-29-32(63-41(58)65-43(6,7)8)30(47)36(62-29)52-25-48-31-33(52)50-39(46)51-34(31)53(66-44(9,10)11)40(57)64-42(3,4)5/h14-22,25,29-30,32,36H,12-13,23-24H2,1-11H3,(H,49,54)/t29-,30+,32-,36-/m1/s1. The molecule has 2 aromatic heterocycles. The van der Waals surface area contributed by atoms with Crippen molar-refractivity contribution in [3.05, 3.63) is 77.3 Å². The second-order valence-electron chi connectivity index (χ2n) is 17.9. The molecule has 0 unspecified atom stereocenters. The fraction of sp³-hybridized carbons (Fsp3) is 0.511. The summed E-state index contributed by atoms with van der Waals surface area (Å²) in [6.07, 6.45) is -8.85. The fourth-order valence-electron chi connectivity index (χ4n) is 6.43. The molecule has 1 aliphatic heterocycles. The van der Waals surface area contributed by atoms with Gasteiger partial charge in [-0.2, -0.15) is 9.97 Å². The Labute approximate surface area is 386 Å². The van der Waals surface area contributed by atoms with E-state index in [-0.39, 0.29) is 36.1 Å². The van der Waals surface area contributed by atoms with Crippen molar-refractivity contribution in [2.75, 3.05) is 30.2 Å². The average Bonchev–Trinajstić information content (AvgIpc) is 3.77. The highest BCUT2D eigenvalue weighted by molar-refractivity contribution is 6.28. The number of hydrogen-bond acceptors (Lipinski definition) is 16. The number of nitrogens with zero attached hydrogens (tertiary/aromatic N) is 5. The van der Waals surface area contributed by atoms with E-state index in [0.717, 1.165) is 16.0 Å². The first-order valence-electron chi connectivity index (χ1n) is 21.1. The second-order valence-corrected chi connectivity index (χ2v) is 18.3. The summed E-state index contributed by atoms with van der Waals surface area (Å²) in [7, 11) is 0. The number of carbonyl (C=O) groups excluding carboxylic acids is 5. The Hall–Kier alpha value is -5.96. The Bertz CT molecular complexity index is 2350. The zero-order chi connectivity index (χ0) is 48.8. The van der Waals surface area contributed by atoms with Crippen LogP contribution in [0.15, 0.2) is 60.9 Å². The van der Waals surface area contributed by atoms with E-state index in [0.29, 0.717) is 16.8 Å². The summed E-state index contributed by atoms with van der Waals surface area (Å²) in [5.41, 5.74) is -4.53. The number of carbonyl (C=O) groups is 5. The predicted octanol–water partition coefficient (Wildman–Crippen LogP) is 7.88. The third-order valence-corrected chi connectivity index (χ3v) is 9.23. The number of amides is 2. The van der Waals surface area contributed by atoms with Crippen molar-refractivity contribution in [1.29, 1.82) is 0 Å². The normalized spacial score (nSPS) is 17.8. The molecule has 2 amide bonds. The quantitative estimate of drug-likeness (QED) is 0.0394. The minimum atomic E-state index is -2.51. The van der Waals surface area contributed by atoms with Gasteiger partial charge in [-0.15, -0.1) is 5.06 Å².